The molecule has 0 fully saturated rings. The zero-order chi connectivity index (χ0) is 20.2. The molecule has 0 saturated carbocycles. The van der Waals surface area contributed by atoms with Crippen LogP contribution in [0.1, 0.15) is 18.1 Å². The lowest BCUT2D eigenvalue weighted by Crippen LogP contribution is -2.07. The molecule has 0 aromatic heterocycles. The van der Waals surface area contributed by atoms with E-state index in [-0.39, 0.29) is 0 Å². The summed E-state index contributed by atoms with van der Waals surface area (Å²) >= 11 is 0. The zero-order valence-electron chi connectivity index (χ0n) is 17.0. The predicted octanol–water partition coefficient (Wildman–Crippen LogP) is 5.34. The van der Waals surface area contributed by atoms with Gasteiger partial charge in [0.2, 0.25) is 0 Å². The molecule has 0 heterocycles. The fourth-order valence-electron chi connectivity index (χ4n) is 2.94. The fourth-order valence-corrected chi connectivity index (χ4v) is 2.94. The summed E-state index contributed by atoms with van der Waals surface area (Å²) in [6, 6.07) is 26.6. The van der Waals surface area contributed by atoms with Gasteiger partial charge in [-0.1, -0.05) is 48.5 Å². The van der Waals surface area contributed by atoms with Crippen LogP contribution >= 0.6 is 0 Å². The third kappa shape index (κ3) is 7.51. The van der Waals surface area contributed by atoms with Crippen molar-refractivity contribution in [3.63, 3.8) is 0 Å². The first-order valence-electron chi connectivity index (χ1n) is 10.1. The second-order valence-corrected chi connectivity index (χ2v) is 6.66. The van der Waals surface area contributed by atoms with E-state index in [1.165, 1.54) is 5.56 Å². The molecule has 0 spiro atoms. The highest BCUT2D eigenvalue weighted by Gasteiger charge is 2.01. The summed E-state index contributed by atoms with van der Waals surface area (Å²) in [4.78, 5) is 0. The Labute approximate surface area is 173 Å². The van der Waals surface area contributed by atoms with Crippen molar-refractivity contribution >= 4 is 5.69 Å². The van der Waals surface area contributed by atoms with Crippen LogP contribution in [0.4, 0.5) is 5.69 Å². The van der Waals surface area contributed by atoms with Gasteiger partial charge in [0.25, 0.3) is 0 Å². The second-order valence-electron chi connectivity index (χ2n) is 6.66. The van der Waals surface area contributed by atoms with Crippen molar-refractivity contribution in [2.24, 2.45) is 0 Å². The van der Waals surface area contributed by atoms with E-state index in [1.807, 2.05) is 49.4 Å². The highest BCUT2D eigenvalue weighted by molar-refractivity contribution is 5.48. The van der Waals surface area contributed by atoms with Crippen LogP contribution in [0.25, 0.3) is 0 Å². The maximum absolute atomic E-state index is 5.91. The van der Waals surface area contributed by atoms with Crippen molar-refractivity contribution in [1.82, 2.24) is 0 Å². The van der Waals surface area contributed by atoms with Crippen molar-refractivity contribution in [1.29, 1.82) is 0 Å². The van der Waals surface area contributed by atoms with E-state index >= 15 is 0 Å². The minimum absolute atomic E-state index is 0.563. The zero-order valence-corrected chi connectivity index (χ0v) is 17.0. The van der Waals surface area contributed by atoms with Crippen LogP contribution in [-0.2, 0) is 17.7 Å². The molecular formula is C25H29NO3. The molecule has 29 heavy (non-hydrogen) atoms. The number of benzene rings is 3. The molecule has 1 N–H and O–H groups in total. The highest BCUT2D eigenvalue weighted by atomic mass is 16.5. The lowest BCUT2D eigenvalue weighted by atomic mass is 10.2. The minimum Gasteiger partial charge on any atom is -0.493 e. The van der Waals surface area contributed by atoms with E-state index in [0.29, 0.717) is 26.4 Å². The molecule has 0 unspecified atom stereocenters. The topological polar surface area (TPSA) is 39.7 Å². The first-order valence-corrected chi connectivity index (χ1v) is 10.1. The average molecular weight is 392 g/mol. The summed E-state index contributed by atoms with van der Waals surface area (Å²) in [6.07, 6.45) is 0.897. The van der Waals surface area contributed by atoms with E-state index in [0.717, 1.165) is 35.7 Å². The third-order valence-corrected chi connectivity index (χ3v) is 4.43. The molecule has 0 bridgehead atoms. The van der Waals surface area contributed by atoms with Gasteiger partial charge in [-0.25, -0.2) is 0 Å². The molecule has 3 rings (SSSR count). The van der Waals surface area contributed by atoms with Gasteiger partial charge in [0, 0.05) is 31.3 Å². The Morgan fingerprint density at radius 3 is 2.24 bits per heavy atom. The van der Waals surface area contributed by atoms with Gasteiger partial charge in [-0.15, -0.1) is 0 Å². The van der Waals surface area contributed by atoms with Crippen LogP contribution in [0.3, 0.4) is 0 Å². The number of ether oxygens (including phenoxy) is 3. The molecule has 0 atom stereocenters. The van der Waals surface area contributed by atoms with Gasteiger partial charge in [-0.2, -0.15) is 0 Å². The van der Waals surface area contributed by atoms with E-state index in [2.05, 4.69) is 41.7 Å². The van der Waals surface area contributed by atoms with Crippen molar-refractivity contribution in [3.05, 3.63) is 90.0 Å². The van der Waals surface area contributed by atoms with Gasteiger partial charge in [0.05, 0.1) is 13.2 Å². The lowest BCUT2D eigenvalue weighted by molar-refractivity contribution is 0.110. The molecule has 3 aromatic rings. The first kappa shape index (κ1) is 20.7. The van der Waals surface area contributed by atoms with Gasteiger partial charge in [0.1, 0.15) is 18.1 Å². The number of hydrogen-bond donors (Lipinski definition) is 1. The molecule has 0 amide bonds. The second kappa shape index (κ2) is 11.8. The summed E-state index contributed by atoms with van der Waals surface area (Å²) in [7, 11) is 0. The standard InChI is InChI=1S/C25H29NO3/c1-2-27-16-17-29-24-12-6-10-22(18-24)20-26-23-11-7-13-25(19-23)28-15-14-21-8-4-3-5-9-21/h3-13,18-19,26H,2,14-17,20H2,1H3. The van der Waals surface area contributed by atoms with Crippen molar-refractivity contribution in [2.75, 3.05) is 31.7 Å². The monoisotopic (exact) mass is 391 g/mol. The average Bonchev–Trinajstić information content (AvgIpc) is 2.77. The van der Waals surface area contributed by atoms with Crippen molar-refractivity contribution in [2.45, 2.75) is 19.9 Å². The molecule has 4 heteroatoms. The van der Waals surface area contributed by atoms with Gasteiger partial charge < -0.3 is 19.5 Å². The Kier molecular flexibility index (Phi) is 8.42. The Bertz CT molecular complexity index is 851. The molecule has 0 aliphatic rings. The van der Waals surface area contributed by atoms with Gasteiger partial charge in [0.15, 0.2) is 0 Å². The summed E-state index contributed by atoms with van der Waals surface area (Å²) in [5.41, 5.74) is 3.48. The van der Waals surface area contributed by atoms with Gasteiger partial charge in [-0.3, -0.25) is 0 Å². The summed E-state index contributed by atoms with van der Waals surface area (Å²) in [6.45, 7) is 5.24. The maximum Gasteiger partial charge on any atom is 0.121 e. The van der Waals surface area contributed by atoms with Gasteiger partial charge >= 0.3 is 0 Å². The van der Waals surface area contributed by atoms with Crippen LogP contribution < -0.4 is 14.8 Å². The SMILES string of the molecule is CCOCCOc1cccc(CNc2cccc(OCCc3ccccc3)c2)c1. The number of rotatable bonds is 12. The Morgan fingerprint density at radius 1 is 0.690 bits per heavy atom. The molecule has 0 saturated heterocycles. The molecular weight excluding hydrogens is 362 g/mol. The third-order valence-electron chi connectivity index (χ3n) is 4.43. The van der Waals surface area contributed by atoms with Crippen LogP contribution in [-0.4, -0.2) is 26.4 Å². The summed E-state index contributed by atoms with van der Waals surface area (Å²) in [5.74, 6) is 1.74. The highest BCUT2D eigenvalue weighted by Crippen LogP contribution is 2.20. The van der Waals surface area contributed by atoms with E-state index < -0.39 is 0 Å². The molecule has 152 valence electrons. The number of anilines is 1. The quantitative estimate of drug-likeness (QED) is 0.423. The first-order chi connectivity index (χ1) is 14.3. The summed E-state index contributed by atoms with van der Waals surface area (Å²) < 4.78 is 16.9. The number of nitrogens with one attached hydrogen (secondary N) is 1. The van der Waals surface area contributed by atoms with Crippen LogP contribution in [0, 0.1) is 0 Å². The molecule has 3 aromatic carbocycles. The Hall–Kier alpha value is -2.98. The predicted molar refractivity (Wildman–Crippen MR) is 118 cm³/mol. The largest absolute Gasteiger partial charge is 0.493 e. The van der Waals surface area contributed by atoms with E-state index in [9.17, 15) is 0 Å². The smallest absolute Gasteiger partial charge is 0.121 e. The number of hydrogen-bond acceptors (Lipinski definition) is 4. The minimum atomic E-state index is 0.563. The molecule has 4 nitrogen and oxygen atoms in total. The lowest BCUT2D eigenvalue weighted by Gasteiger charge is -2.11. The van der Waals surface area contributed by atoms with Crippen LogP contribution in [0.2, 0.25) is 0 Å². The van der Waals surface area contributed by atoms with Gasteiger partial charge in [-0.05, 0) is 42.3 Å². The Balaban J connectivity index is 1.46. The molecule has 0 aliphatic carbocycles. The fraction of sp³-hybridized carbons (Fsp3) is 0.280. The van der Waals surface area contributed by atoms with E-state index in [1.54, 1.807) is 0 Å². The van der Waals surface area contributed by atoms with Crippen molar-refractivity contribution < 1.29 is 14.2 Å². The van der Waals surface area contributed by atoms with Crippen LogP contribution in [0.15, 0.2) is 78.9 Å². The molecule has 0 radical (unpaired) electrons. The normalized spacial score (nSPS) is 10.5. The van der Waals surface area contributed by atoms with Crippen LogP contribution in [0.5, 0.6) is 11.5 Å². The van der Waals surface area contributed by atoms with Crippen molar-refractivity contribution in [3.8, 4) is 11.5 Å². The van der Waals surface area contributed by atoms with E-state index in [4.69, 9.17) is 14.2 Å². The molecule has 0 aliphatic heterocycles. The Morgan fingerprint density at radius 2 is 1.41 bits per heavy atom. The maximum atomic E-state index is 5.91. The summed E-state index contributed by atoms with van der Waals surface area (Å²) in [5, 5.41) is 3.45.